The number of hydrogen-bond acceptors (Lipinski definition) is 4. The zero-order valence-corrected chi connectivity index (χ0v) is 12.0. The fourth-order valence-electron chi connectivity index (χ4n) is 1.90. The summed E-state index contributed by atoms with van der Waals surface area (Å²) >= 11 is 0. The third-order valence-corrected chi connectivity index (χ3v) is 2.98. The number of amides is 1. The smallest absolute Gasteiger partial charge is 0.255 e. The van der Waals surface area contributed by atoms with E-state index in [0.717, 1.165) is 18.7 Å². The maximum Gasteiger partial charge on any atom is 0.255 e. The molecule has 1 amide bonds. The summed E-state index contributed by atoms with van der Waals surface area (Å²) in [6.07, 6.45) is 3.72. The Labute approximate surface area is 123 Å². The molecule has 2 aromatic rings. The average Bonchev–Trinajstić information content (AvgIpc) is 2.97. The van der Waals surface area contributed by atoms with Gasteiger partial charge in [-0.25, -0.2) is 0 Å². The van der Waals surface area contributed by atoms with E-state index >= 15 is 0 Å². The van der Waals surface area contributed by atoms with Crippen LogP contribution in [0.2, 0.25) is 0 Å². The number of nitrogens with two attached hydrogens (primary N) is 1. The van der Waals surface area contributed by atoms with Crippen molar-refractivity contribution < 1.29 is 9.53 Å². The van der Waals surface area contributed by atoms with Gasteiger partial charge in [-0.1, -0.05) is 12.1 Å². The largest absolute Gasteiger partial charge is 0.484 e. The third-order valence-electron chi connectivity index (χ3n) is 2.98. The summed E-state index contributed by atoms with van der Waals surface area (Å²) in [5.74, 6) is 0.162. The van der Waals surface area contributed by atoms with Crippen LogP contribution >= 0.6 is 0 Å². The predicted octanol–water partition coefficient (Wildman–Crippen LogP) is 0.925. The lowest BCUT2D eigenvalue weighted by Gasteiger charge is -2.14. The zero-order chi connectivity index (χ0) is 15.1. The number of carbonyl (C=O) groups excluding carboxylic acids is 1. The molecule has 0 aliphatic rings. The highest BCUT2D eigenvalue weighted by Crippen LogP contribution is 2.12. The Morgan fingerprint density at radius 2 is 2.19 bits per heavy atom. The third kappa shape index (κ3) is 5.27. The van der Waals surface area contributed by atoms with Gasteiger partial charge in [0, 0.05) is 25.0 Å². The van der Waals surface area contributed by atoms with Crippen molar-refractivity contribution in [1.29, 1.82) is 0 Å². The van der Waals surface area contributed by atoms with Gasteiger partial charge in [0.1, 0.15) is 5.75 Å². The van der Waals surface area contributed by atoms with Crippen molar-refractivity contribution in [3.05, 3.63) is 48.3 Å². The molecule has 1 aromatic carbocycles. The summed E-state index contributed by atoms with van der Waals surface area (Å²) in [5.41, 5.74) is 6.17. The minimum absolute atomic E-state index is 0.0987. The molecule has 0 saturated heterocycles. The molecular weight excluding hydrogens is 268 g/mol. The van der Waals surface area contributed by atoms with E-state index < -0.39 is 5.91 Å². The highest BCUT2D eigenvalue weighted by Gasteiger charge is 2.03. The van der Waals surface area contributed by atoms with Gasteiger partial charge >= 0.3 is 0 Å². The van der Waals surface area contributed by atoms with Crippen molar-refractivity contribution in [2.24, 2.45) is 5.73 Å². The Morgan fingerprint density at radius 3 is 2.81 bits per heavy atom. The van der Waals surface area contributed by atoms with Gasteiger partial charge in [0.15, 0.2) is 6.61 Å². The minimum atomic E-state index is -0.479. The zero-order valence-electron chi connectivity index (χ0n) is 12.0. The highest BCUT2D eigenvalue weighted by molar-refractivity contribution is 5.75. The number of carbonyl (C=O) groups is 1. The van der Waals surface area contributed by atoms with Crippen LogP contribution in [0.25, 0.3) is 0 Å². The number of aromatic nitrogens is 2. The van der Waals surface area contributed by atoms with E-state index in [1.807, 2.05) is 41.2 Å². The molecule has 0 radical (unpaired) electrons. The molecule has 21 heavy (non-hydrogen) atoms. The van der Waals surface area contributed by atoms with E-state index in [1.165, 1.54) is 0 Å². The standard InChI is InChI=1S/C15H20N4O2/c1-12(10-19-8-2-7-18-19)17-9-13-3-5-14(6-4-13)21-11-15(16)20/h2-8,12,17H,9-11H2,1H3,(H2,16,20)/t12-/m1/s1. The molecule has 0 bridgehead atoms. The molecule has 1 atom stereocenters. The topological polar surface area (TPSA) is 82.2 Å². The van der Waals surface area contributed by atoms with Gasteiger partial charge < -0.3 is 15.8 Å². The van der Waals surface area contributed by atoms with Gasteiger partial charge in [-0.05, 0) is 30.7 Å². The summed E-state index contributed by atoms with van der Waals surface area (Å²) in [7, 11) is 0. The molecule has 1 heterocycles. The van der Waals surface area contributed by atoms with Crippen LogP contribution in [0, 0.1) is 0 Å². The summed E-state index contributed by atoms with van der Waals surface area (Å²) in [6, 6.07) is 9.82. The maximum absolute atomic E-state index is 10.6. The molecule has 0 aliphatic carbocycles. The first kappa shape index (κ1) is 15.1. The van der Waals surface area contributed by atoms with E-state index in [-0.39, 0.29) is 6.61 Å². The van der Waals surface area contributed by atoms with Gasteiger partial charge in [0.25, 0.3) is 5.91 Å². The Hall–Kier alpha value is -2.34. The van der Waals surface area contributed by atoms with Gasteiger partial charge in [-0.15, -0.1) is 0 Å². The maximum atomic E-state index is 10.6. The van der Waals surface area contributed by atoms with Crippen LogP contribution in [0.1, 0.15) is 12.5 Å². The number of rotatable bonds is 8. The Balaban J connectivity index is 1.76. The predicted molar refractivity (Wildman–Crippen MR) is 79.7 cm³/mol. The Morgan fingerprint density at radius 1 is 1.43 bits per heavy atom. The van der Waals surface area contributed by atoms with Crippen LogP contribution in [0.15, 0.2) is 42.7 Å². The van der Waals surface area contributed by atoms with E-state index in [9.17, 15) is 4.79 Å². The highest BCUT2D eigenvalue weighted by atomic mass is 16.5. The van der Waals surface area contributed by atoms with Crippen LogP contribution in [-0.4, -0.2) is 28.3 Å². The van der Waals surface area contributed by atoms with E-state index in [4.69, 9.17) is 10.5 Å². The molecule has 6 nitrogen and oxygen atoms in total. The molecule has 0 saturated carbocycles. The van der Waals surface area contributed by atoms with E-state index in [2.05, 4.69) is 17.3 Å². The van der Waals surface area contributed by atoms with Crippen LogP contribution in [-0.2, 0) is 17.9 Å². The second-order valence-corrected chi connectivity index (χ2v) is 4.91. The summed E-state index contributed by atoms with van der Waals surface area (Å²) in [6.45, 7) is 3.61. The lowest BCUT2D eigenvalue weighted by atomic mass is 10.2. The molecule has 0 fully saturated rings. The molecule has 0 aliphatic heterocycles. The van der Waals surface area contributed by atoms with Crippen molar-refractivity contribution in [1.82, 2.24) is 15.1 Å². The number of hydrogen-bond donors (Lipinski definition) is 2. The fraction of sp³-hybridized carbons (Fsp3) is 0.333. The Kier molecular flexibility index (Phi) is 5.34. The first-order valence-electron chi connectivity index (χ1n) is 6.84. The second kappa shape index (κ2) is 7.44. The van der Waals surface area contributed by atoms with Crippen molar-refractivity contribution in [3.63, 3.8) is 0 Å². The lowest BCUT2D eigenvalue weighted by Crippen LogP contribution is -2.30. The molecule has 112 valence electrons. The molecule has 3 N–H and O–H groups in total. The van der Waals surface area contributed by atoms with Gasteiger partial charge in [0.2, 0.25) is 0 Å². The number of nitrogens with zero attached hydrogens (tertiary/aromatic N) is 2. The molecule has 2 rings (SSSR count). The van der Waals surface area contributed by atoms with Crippen LogP contribution < -0.4 is 15.8 Å². The molecule has 0 spiro atoms. The second-order valence-electron chi connectivity index (χ2n) is 4.91. The van der Waals surface area contributed by atoms with Crippen molar-refractivity contribution >= 4 is 5.91 Å². The van der Waals surface area contributed by atoms with Gasteiger partial charge in [0.05, 0.1) is 6.54 Å². The number of ether oxygens (including phenoxy) is 1. The Bertz CT molecular complexity index is 552. The number of benzene rings is 1. The quantitative estimate of drug-likeness (QED) is 0.757. The fourth-order valence-corrected chi connectivity index (χ4v) is 1.90. The number of primary amides is 1. The lowest BCUT2D eigenvalue weighted by molar-refractivity contribution is -0.119. The SMILES string of the molecule is C[C@H](Cn1cccn1)NCc1ccc(OCC(N)=O)cc1. The summed E-state index contributed by atoms with van der Waals surface area (Å²) in [4.78, 5) is 10.6. The first-order valence-corrected chi connectivity index (χ1v) is 6.84. The van der Waals surface area contributed by atoms with E-state index in [0.29, 0.717) is 11.8 Å². The van der Waals surface area contributed by atoms with E-state index in [1.54, 1.807) is 6.20 Å². The first-order chi connectivity index (χ1) is 10.1. The average molecular weight is 288 g/mol. The minimum Gasteiger partial charge on any atom is -0.484 e. The van der Waals surface area contributed by atoms with Crippen molar-refractivity contribution in [3.8, 4) is 5.75 Å². The van der Waals surface area contributed by atoms with Crippen LogP contribution in [0.4, 0.5) is 0 Å². The monoisotopic (exact) mass is 288 g/mol. The molecular formula is C15H20N4O2. The summed E-state index contributed by atoms with van der Waals surface area (Å²) in [5, 5.41) is 7.61. The molecule has 0 unspecified atom stereocenters. The van der Waals surface area contributed by atoms with Gasteiger partial charge in [-0.3, -0.25) is 9.48 Å². The van der Waals surface area contributed by atoms with Gasteiger partial charge in [-0.2, -0.15) is 5.10 Å². The molecule has 6 heteroatoms. The normalized spacial score (nSPS) is 12.0. The van der Waals surface area contributed by atoms with Crippen LogP contribution in [0.5, 0.6) is 5.75 Å². The van der Waals surface area contributed by atoms with Crippen molar-refractivity contribution in [2.45, 2.75) is 26.1 Å². The van der Waals surface area contributed by atoms with Crippen molar-refractivity contribution in [2.75, 3.05) is 6.61 Å². The van der Waals surface area contributed by atoms with Crippen LogP contribution in [0.3, 0.4) is 0 Å². The summed E-state index contributed by atoms with van der Waals surface area (Å²) < 4.78 is 7.11. The molecule has 1 aromatic heterocycles. The number of nitrogens with one attached hydrogen (secondary N) is 1.